The highest BCUT2D eigenvalue weighted by Gasteiger charge is 2.28. The van der Waals surface area contributed by atoms with E-state index in [4.69, 9.17) is 0 Å². The Balaban J connectivity index is 1.74. The lowest BCUT2D eigenvalue weighted by Crippen LogP contribution is -2.27. The van der Waals surface area contributed by atoms with Gasteiger partial charge < -0.3 is 4.90 Å². The quantitative estimate of drug-likeness (QED) is 0.700. The van der Waals surface area contributed by atoms with Gasteiger partial charge >= 0.3 is 0 Å². The standard InChI is InChI=1S/C13H23NO/c1-2-13(15)14-8-7-12(10-14)9-11-5-3-4-6-11/h11-12H,2-10H2,1H3. The summed E-state index contributed by atoms with van der Waals surface area (Å²) in [4.78, 5) is 13.6. The van der Waals surface area contributed by atoms with E-state index >= 15 is 0 Å². The lowest BCUT2D eigenvalue weighted by atomic mass is 9.93. The van der Waals surface area contributed by atoms with Gasteiger partial charge in [-0.25, -0.2) is 0 Å². The minimum atomic E-state index is 0.351. The number of amides is 1. The first kappa shape index (κ1) is 11.0. The Bertz CT molecular complexity index is 221. The van der Waals surface area contributed by atoms with Crippen molar-refractivity contribution in [2.24, 2.45) is 11.8 Å². The molecule has 0 aromatic rings. The lowest BCUT2D eigenvalue weighted by Gasteiger charge is -2.17. The monoisotopic (exact) mass is 209 g/mol. The first-order chi connectivity index (χ1) is 7.29. The maximum absolute atomic E-state index is 11.5. The van der Waals surface area contributed by atoms with Crippen LogP contribution < -0.4 is 0 Å². The average molecular weight is 209 g/mol. The molecular formula is C13H23NO. The average Bonchev–Trinajstić information content (AvgIpc) is 2.88. The third-order valence-corrected chi connectivity index (χ3v) is 4.08. The van der Waals surface area contributed by atoms with Crippen LogP contribution in [0.1, 0.15) is 51.9 Å². The minimum absolute atomic E-state index is 0.351. The molecule has 0 bridgehead atoms. The summed E-state index contributed by atoms with van der Waals surface area (Å²) >= 11 is 0. The zero-order chi connectivity index (χ0) is 10.7. The Morgan fingerprint density at radius 1 is 1.20 bits per heavy atom. The molecule has 2 aliphatic rings. The summed E-state index contributed by atoms with van der Waals surface area (Å²) in [6.45, 7) is 4.03. The molecule has 1 amide bonds. The molecule has 1 aliphatic carbocycles. The molecule has 1 saturated heterocycles. The van der Waals surface area contributed by atoms with Gasteiger partial charge in [-0.05, 0) is 24.7 Å². The second kappa shape index (κ2) is 5.00. The maximum Gasteiger partial charge on any atom is 0.222 e. The van der Waals surface area contributed by atoms with Crippen LogP contribution in [0.2, 0.25) is 0 Å². The largest absolute Gasteiger partial charge is 0.342 e. The van der Waals surface area contributed by atoms with E-state index < -0.39 is 0 Å². The highest BCUT2D eigenvalue weighted by Crippen LogP contribution is 2.33. The van der Waals surface area contributed by atoms with Gasteiger partial charge in [-0.3, -0.25) is 4.79 Å². The first-order valence-electron chi connectivity index (χ1n) is 6.57. The molecule has 86 valence electrons. The molecule has 0 radical (unpaired) electrons. The Hall–Kier alpha value is -0.530. The van der Waals surface area contributed by atoms with Crippen LogP contribution in [0.4, 0.5) is 0 Å². The molecule has 1 atom stereocenters. The predicted octanol–water partition coefficient (Wildman–Crippen LogP) is 2.83. The van der Waals surface area contributed by atoms with E-state index in [0.717, 1.165) is 24.9 Å². The molecule has 1 saturated carbocycles. The Kier molecular flexibility index (Phi) is 3.66. The Morgan fingerprint density at radius 2 is 1.93 bits per heavy atom. The number of hydrogen-bond acceptors (Lipinski definition) is 1. The van der Waals surface area contributed by atoms with Gasteiger partial charge in [0.15, 0.2) is 0 Å². The molecule has 1 heterocycles. The van der Waals surface area contributed by atoms with Crippen LogP contribution in [0.5, 0.6) is 0 Å². The van der Waals surface area contributed by atoms with Crippen molar-refractivity contribution < 1.29 is 4.79 Å². The van der Waals surface area contributed by atoms with E-state index in [-0.39, 0.29) is 0 Å². The van der Waals surface area contributed by atoms with Gasteiger partial charge in [-0.15, -0.1) is 0 Å². The van der Waals surface area contributed by atoms with E-state index in [1.54, 1.807) is 0 Å². The topological polar surface area (TPSA) is 20.3 Å². The summed E-state index contributed by atoms with van der Waals surface area (Å²) in [5, 5.41) is 0. The fraction of sp³-hybridized carbons (Fsp3) is 0.923. The molecule has 0 N–H and O–H groups in total. The summed E-state index contributed by atoms with van der Waals surface area (Å²) in [5.74, 6) is 2.14. The van der Waals surface area contributed by atoms with Crippen molar-refractivity contribution in [2.45, 2.75) is 51.9 Å². The number of rotatable bonds is 3. The third kappa shape index (κ3) is 2.73. The fourth-order valence-corrected chi connectivity index (χ4v) is 3.19. The van der Waals surface area contributed by atoms with Crippen LogP contribution in [0.3, 0.4) is 0 Å². The van der Waals surface area contributed by atoms with E-state index in [2.05, 4.69) is 4.90 Å². The number of carbonyl (C=O) groups excluding carboxylic acids is 1. The molecule has 0 spiro atoms. The van der Waals surface area contributed by atoms with Crippen LogP contribution in [0.25, 0.3) is 0 Å². The van der Waals surface area contributed by atoms with E-state index in [1.807, 2.05) is 6.92 Å². The second-order valence-corrected chi connectivity index (χ2v) is 5.23. The van der Waals surface area contributed by atoms with Gasteiger partial charge in [0, 0.05) is 19.5 Å². The SMILES string of the molecule is CCC(=O)N1CCC(CC2CCCC2)C1. The molecule has 2 heteroatoms. The van der Waals surface area contributed by atoms with Gasteiger partial charge in [0.1, 0.15) is 0 Å². The molecule has 2 fully saturated rings. The number of nitrogens with zero attached hydrogens (tertiary/aromatic N) is 1. The van der Waals surface area contributed by atoms with Crippen LogP contribution in [0.15, 0.2) is 0 Å². The summed E-state index contributed by atoms with van der Waals surface area (Å²) in [7, 11) is 0. The van der Waals surface area contributed by atoms with Crippen molar-refractivity contribution in [1.29, 1.82) is 0 Å². The van der Waals surface area contributed by atoms with Crippen molar-refractivity contribution >= 4 is 5.91 Å². The molecule has 15 heavy (non-hydrogen) atoms. The van der Waals surface area contributed by atoms with Gasteiger partial charge in [-0.1, -0.05) is 32.6 Å². The molecule has 2 rings (SSSR count). The van der Waals surface area contributed by atoms with Crippen LogP contribution >= 0.6 is 0 Å². The highest BCUT2D eigenvalue weighted by molar-refractivity contribution is 5.76. The van der Waals surface area contributed by atoms with Gasteiger partial charge in [0.05, 0.1) is 0 Å². The van der Waals surface area contributed by atoms with E-state index in [9.17, 15) is 4.79 Å². The van der Waals surface area contributed by atoms with Gasteiger partial charge in [0.2, 0.25) is 5.91 Å². The van der Waals surface area contributed by atoms with E-state index in [0.29, 0.717) is 12.3 Å². The predicted molar refractivity (Wildman–Crippen MR) is 61.6 cm³/mol. The smallest absolute Gasteiger partial charge is 0.222 e. The molecule has 1 unspecified atom stereocenters. The zero-order valence-corrected chi connectivity index (χ0v) is 9.87. The Morgan fingerprint density at radius 3 is 2.60 bits per heavy atom. The molecular weight excluding hydrogens is 186 g/mol. The van der Waals surface area contributed by atoms with Crippen LogP contribution in [0, 0.1) is 11.8 Å². The van der Waals surface area contributed by atoms with Crippen molar-refractivity contribution in [3.8, 4) is 0 Å². The minimum Gasteiger partial charge on any atom is -0.342 e. The molecule has 0 aromatic carbocycles. The summed E-state index contributed by atoms with van der Waals surface area (Å²) in [5.41, 5.74) is 0. The lowest BCUT2D eigenvalue weighted by molar-refractivity contribution is -0.129. The van der Waals surface area contributed by atoms with Crippen LogP contribution in [-0.4, -0.2) is 23.9 Å². The van der Waals surface area contributed by atoms with Crippen LogP contribution in [-0.2, 0) is 4.79 Å². The van der Waals surface area contributed by atoms with Gasteiger partial charge in [0.25, 0.3) is 0 Å². The maximum atomic E-state index is 11.5. The normalized spacial score (nSPS) is 27.5. The van der Waals surface area contributed by atoms with Crippen molar-refractivity contribution in [2.75, 3.05) is 13.1 Å². The summed E-state index contributed by atoms with van der Waals surface area (Å²) in [6.07, 6.45) is 9.08. The van der Waals surface area contributed by atoms with Crippen molar-refractivity contribution in [3.63, 3.8) is 0 Å². The first-order valence-corrected chi connectivity index (χ1v) is 6.57. The zero-order valence-electron chi connectivity index (χ0n) is 9.87. The van der Waals surface area contributed by atoms with Crippen molar-refractivity contribution in [3.05, 3.63) is 0 Å². The third-order valence-electron chi connectivity index (χ3n) is 4.08. The fourth-order valence-electron chi connectivity index (χ4n) is 3.19. The molecule has 0 aromatic heterocycles. The number of carbonyl (C=O) groups is 1. The Labute approximate surface area is 93.0 Å². The number of likely N-dealkylation sites (tertiary alicyclic amines) is 1. The van der Waals surface area contributed by atoms with E-state index in [1.165, 1.54) is 38.5 Å². The molecule has 1 aliphatic heterocycles. The number of hydrogen-bond donors (Lipinski definition) is 0. The van der Waals surface area contributed by atoms with Gasteiger partial charge in [-0.2, -0.15) is 0 Å². The summed E-state index contributed by atoms with van der Waals surface area (Å²) < 4.78 is 0. The van der Waals surface area contributed by atoms with Crippen molar-refractivity contribution in [1.82, 2.24) is 4.90 Å². The second-order valence-electron chi connectivity index (χ2n) is 5.23. The molecule has 2 nitrogen and oxygen atoms in total. The highest BCUT2D eigenvalue weighted by atomic mass is 16.2. The summed E-state index contributed by atoms with van der Waals surface area (Å²) in [6, 6.07) is 0.